The molecule has 5 heteroatoms. The first-order valence-electron chi connectivity index (χ1n) is 7.26. The van der Waals surface area contributed by atoms with E-state index in [9.17, 15) is 10.1 Å². The second-order valence-electron chi connectivity index (χ2n) is 5.33. The highest BCUT2D eigenvalue weighted by Crippen LogP contribution is 2.23. The number of nitriles is 1. The van der Waals surface area contributed by atoms with Gasteiger partial charge < -0.3 is 15.0 Å². The van der Waals surface area contributed by atoms with Gasteiger partial charge in [0.2, 0.25) is 0 Å². The maximum Gasteiger partial charge on any atom is 0.263 e. The minimum Gasteiger partial charge on any atom is -0.385 e. The molecule has 1 saturated heterocycles. The van der Waals surface area contributed by atoms with Crippen LogP contribution in [0.2, 0.25) is 0 Å². The molecule has 1 heterocycles. The van der Waals surface area contributed by atoms with Crippen LogP contribution in [0.3, 0.4) is 0 Å². The molecule has 2 atom stereocenters. The molecule has 0 aromatic heterocycles. The van der Waals surface area contributed by atoms with Gasteiger partial charge in [-0.25, -0.2) is 0 Å². The lowest BCUT2D eigenvalue weighted by Gasteiger charge is -2.38. The number of piperidine rings is 1. The summed E-state index contributed by atoms with van der Waals surface area (Å²) in [6.07, 6.45) is 5.89. The molecule has 0 bridgehead atoms. The van der Waals surface area contributed by atoms with Crippen LogP contribution in [0.15, 0.2) is 11.8 Å². The number of carbonyl (C=O) groups excluding carboxylic acids is 1. The summed E-state index contributed by atoms with van der Waals surface area (Å²) >= 11 is 0. The van der Waals surface area contributed by atoms with Crippen molar-refractivity contribution in [3.05, 3.63) is 11.8 Å². The fourth-order valence-electron chi connectivity index (χ4n) is 2.50. The Bertz CT molecular complexity index is 377. The van der Waals surface area contributed by atoms with Crippen molar-refractivity contribution in [1.82, 2.24) is 10.2 Å². The van der Waals surface area contributed by atoms with E-state index in [0.29, 0.717) is 25.2 Å². The lowest BCUT2D eigenvalue weighted by molar-refractivity contribution is -0.117. The van der Waals surface area contributed by atoms with E-state index < -0.39 is 0 Å². The third kappa shape index (κ3) is 4.86. The summed E-state index contributed by atoms with van der Waals surface area (Å²) in [5.41, 5.74) is 0.183. The molecule has 0 spiro atoms. The minimum atomic E-state index is -0.298. The third-order valence-corrected chi connectivity index (χ3v) is 3.72. The Balaban J connectivity index is 2.61. The van der Waals surface area contributed by atoms with E-state index in [-0.39, 0.29) is 11.5 Å². The summed E-state index contributed by atoms with van der Waals surface area (Å²) < 4.78 is 4.92. The molecule has 0 aliphatic carbocycles. The van der Waals surface area contributed by atoms with E-state index in [1.165, 1.54) is 6.42 Å². The standard InChI is InChI=1S/C15H25N3O2/c1-12-6-4-7-13(2)18(12)11-14(10-16)15(19)17-8-5-9-20-3/h11-13H,4-9H2,1-3H3,(H,17,19)/b14-11-. The van der Waals surface area contributed by atoms with Gasteiger partial charge in [0.15, 0.2) is 0 Å². The molecule has 1 rings (SSSR count). The van der Waals surface area contributed by atoms with E-state index in [1.807, 2.05) is 6.07 Å². The number of hydrogen-bond donors (Lipinski definition) is 1. The third-order valence-electron chi connectivity index (χ3n) is 3.72. The molecule has 0 radical (unpaired) electrons. The monoisotopic (exact) mass is 279 g/mol. The van der Waals surface area contributed by atoms with Crippen molar-refractivity contribution in [2.45, 2.75) is 51.6 Å². The summed E-state index contributed by atoms with van der Waals surface area (Å²) in [6, 6.07) is 2.76. The van der Waals surface area contributed by atoms with E-state index in [1.54, 1.807) is 13.3 Å². The van der Waals surface area contributed by atoms with Crippen LogP contribution in [0.5, 0.6) is 0 Å². The number of methoxy groups -OCH3 is 1. The first-order chi connectivity index (χ1) is 9.60. The van der Waals surface area contributed by atoms with Gasteiger partial charge in [-0.15, -0.1) is 0 Å². The van der Waals surface area contributed by atoms with E-state index >= 15 is 0 Å². The Morgan fingerprint density at radius 1 is 1.45 bits per heavy atom. The smallest absolute Gasteiger partial charge is 0.263 e. The summed E-state index contributed by atoms with van der Waals surface area (Å²) in [6.45, 7) is 5.40. The number of hydrogen-bond acceptors (Lipinski definition) is 4. The molecule has 1 aliphatic rings. The number of amides is 1. The van der Waals surface area contributed by atoms with Gasteiger partial charge >= 0.3 is 0 Å². The molecule has 1 fully saturated rings. The molecule has 1 N–H and O–H groups in total. The molecule has 2 unspecified atom stereocenters. The van der Waals surface area contributed by atoms with Crippen LogP contribution in [-0.4, -0.2) is 43.2 Å². The Morgan fingerprint density at radius 3 is 2.65 bits per heavy atom. The zero-order valence-corrected chi connectivity index (χ0v) is 12.7. The normalized spacial score (nSPS) is 23.3. The van der Waals surface area contributed by atoms with Crippen molar-refractivity contribution < 1.29 is 9.53 Å². The van der Waals surface area contributed by atoms with Gasteiger partial charge in [0.05, 0.1) is 0 Å². The number of carbonyl (C=O) groups is 1. The van der Waals surface area contributed by atoms with Crippen molar-refractivity contribution in [2.75, 3.05) is 20.3 Å². The quantitative estimate of drug-likeness (QED) is 0.457. The van der Waals surface area contributed by atoms with Gasteiger partial charge in [-0.2, -0.15) is 5.26 Å². The van der Waals surface area contributed by atoms with Gasteiger partial charge in [-0.1, -0.05) is 0 Å². The highest BCUT2D eigenvalue weighted by atomic mass is 16.5. The highest BCUT2D eigenvalue weighted by Gasteiger charge is 2.23. The largest absolute Gasteiger partial charge is 0.385 e. The van der Waals surface area contributed by atoms with Crippen LogP contribution >= 0.6 is 0 Å². The summed E-state index contributed by atoms with van der Waals surface area (Å²) in [5, 5.41) is 11.9. The lowest BCUT2D eigenvalue weighted by Crippen LogP contribution is -2.40. The topological polar surface area (TPSA) is 65.4 Å². The van der Waals surface area contributed by atoms with Crippen molar-refractivity contribution in [3.8, 4) is 6.07 Å². The molecule has 0 aromatic rings. The van der Waals surface area contributed by atoms with E-state index in [0.717, 1.165) is 19.3 Å². The summed E-state index contributed by atoms with van der Waals surface area (Å²) in [7, 11) is 1.63. The molecule has 20 heavy (non-hydrogen) atoms. The molecule has 112 valence electrons. The minimum absolute atomic E-state index is 0.183. The Labute approximate surface area is 121 Å². The van der Waals surface area contributed by atoms with Crippen molar-refractivity contribution in [2.24, 2.45) is 0 Å². The second-order valence-corrected chi connectivity index (χ2v) is 5.33. The fourth-order valence-corrected chi connectivity index (χ4v) is 2.50. The second kappa shape index (κ2) is 8.60. The van der Waals surface area contributed by atoms with Crippen molar-refractivity contribution in [1.29, 1.82) is 5.26 Å². The predicted molar refractivity (Wildman–Crippen MR) is 77.8 cm³/mol. The maximum atomic E-state index is 12.0. The zero-order chi connectivity index (χ0) is 15.0. The van der Waals surface area contributed by atoms with Gasteiger partial charge in [-0.05, 0) is 39.5 Å². The Morgan fingerprint density at radius 2 is 2.10 bits per heavy atom. The lowest BCUT2D eigenvalue weighted by atomic mass is 9.98. The van der Waals surface area contributed by atoms with Crippen LogP contribution in [0.1, 0.15) is 39.5 Å². The number of nitrogens with one attached hydrogen (secondary N) is 1. The van der Waals surface area contributed by atoms with Gasteiger partial charge in [0.25, 0.3) is 5.91 Å². The van der Waals surface area contributed by atoms with Crippen LogP contribution in [0.4, 0.5) is 0 Å². The van der Waals surface area contributed by atoms with E-state index in [2.05, 4.69) is 24.1 Å². The Hall–Kier alpha value is -1.54. The fraction of sp³-hybridized carbons (Fsp3) is 0.733. The van der Waals surface area contributed by atoms with Crippen LogP contribution in [0, 0.1) is 11.3 Å². The molecular weight excluding hydrogens is 254 g/mol. The zero-order valence-electron chi connectivity index (χ0n) is 12.7. The molecule has 0 saturated carbocycles. The molecule has 1 aliphatic heterocycles. The van der Waals surface area contributed by atoms with Gasteiger partial charge in [0, 0.05) is 38.5 Å². The van der Waals surface area contributed by atoms with Crippen LogP contribution < -0.4 is 5.32 Å². The van der Waals surface area contributed by atoms with Crippen LogP contribution in [0.25, 0.3) is 0 Å². The SMILES string of the molecule is COCCCNC(=O)/C(C#N)=C\N1C(C)CCCC1C. The average Bonchev–Trinajstić information content (AvgIpc) is 2.43. The molecule has 5 nitrogen and oxygen atoms in total. The molecule has 1 amide bonds. The van der Waals surface area contributed by atoms with Crippen molar-refractivity contribution >= 4 is 5.91 Å². The molecular formula is C15H25N3O2. The highest BCUT2D eigenvalue weighted by molar-refractivity contribution is 5.97. The van der Waals surface area contributed by atoms with E-state index in [4.69, 9.17) is 4.74 Å². The van der Waals surface area contributed by atoms with Crippen molar-refractivity contribution in [3.63, 3.8) is 0 Å². The maximum absolute atomic E-state index is 12.0. The summed E-state index contributed by atoms with van der Waals surface area (Å²) in [4.78, 5) is 14.1. The molecule has 0 aromatic carbocycles. The average molecular weight is 279 g/mol. The van der Waals surface area contributed by atoms with Gasteiger partial charge in [0.1, 0.15) is 11.6 Å². The Kier molecular flexibility index (Phi) is 7.10. The first kappa shape index (κ1) is 16.5. The van der Waals surface area contributed by atoms with Crippen LogP contribution in [-0.2, 0) is 9.53 Å². The number of likely N-dealkylation sites (tertiary alicyclic amines) is 1. The first-order valence-corrected chi connectivity index (χ1v) is 7.26. The number of ether oxygens (including phenoxy) is 1. The number of rotatable bonds is 6. The predicted octanol–water partition coefficient (Wildman–Crippen LogP) is 1.81. The number of nitrogens with zero attached hydrogens (tertiary/aromatic N) is 2. The summed E-state index contributed by atoms with van der Waals surface area (Å²) in [5.74, 6) is -0.298. The van der Waals surface area contributed by atoms with Gasteiger partial charge in [-0.3, -0.25) is 4.79 Å².